The predicted octanol–water partition coefficient (Wildman–Crippen LogP) is 3.71. The van der Waals surface area contributed by atoms with Crippen LogP contribution in [0.1, 0.15) is 22.8 Å². The van der Waals surface area contributed by atoms with Crippen LogP contribution in [0.4, 0.5) is 0 Å². The van der Waals surface area contributed by atoms with Crippen molar-refractivity contribution in [1.29, 1.82) is 0 Å². The van der Waals surface area contributed by atoms with Gasteiger partial charge in [0.25, 0.3) is 0 Å². The van der Waals surface area contributed by atoms with Gasteiger partial charge in [0.05, 0.1) is 10.5 Å². The Kier molecular flexibility index (Phi) is 6.58. The number of sulfonamides is 1. The molecular formula is C28H24BNO6S. The van der Waals surface area contributed by atoms with E-state index in [1.807, 2.05) is 31.2 Å². The Morgan fingerprint density at radius 3 is 2.27 bits per heavy atom. The summed E-state index contributed by atoms with van der Waals surface area (Å²) < 4.78 is 39.9. The van der Waals surface area contributed by atoms with Crippen molar-refractivity contribution in [3.63, 3.8) is 0 Å². The molecule has 0 saturated carbocycles. The van der Waals surface area contributed by atoms with E-state index in [1.165, 1.54) is 19.1 Å². The molecule has 1 fully saturated rings. The molecule has 9 heteroatoms. The molecule has 0 spiro atoms. The van der Waals surface area contributed by atoms with Gasteiger partial charge in [-0.1, -0.05) is 78.4 Å². The lowest BCUT2D eigenvalue weighted by molar-refractivity contribution is -0.136. The maximum Gasteiger partial charge on any atom is 0.502 e. The SMILES string of the molecule is Cc1ccc(S(=O)(=O)N2B(c3ccccc3)OC(=O)C2[C@@H](C)OC(=O)c2ccc3ccccc3c2)cc1. The van der Waals surface area contributed by atoms with Gasteiger partial charge < -0.3 is 9.39 Å². The molecule has 1 aliphatic rings. The number of nitrogens with zero attached hydrogens (tertiary/aromatic N) is 1. The molecule has 7 nitrogen and oxygen atoms in total. The molecular weight excluding hydrogens is 489 g/mol. The third-order valence-electron chi connectivity index (χ3n) is 6.38. The fourth-order valence-corrected chi connectivity index (χ4v) is 6.13. The highest BCUT2D eigenvalue weighted by molar-refractivity contribution is 7.90. The smallest absolute Gasteiger partial charge is 0.502 e. The fourth-order valence-electron chi connectivity index (χ4n) is 4.44. The quantitative estimate of drug-likeness (QED) is 0.289. The van der Waals surface area contributed by atoms with Crippen LogP contribution in [0.25, 0.3) is 10.8 Å². The molecule has 1 saturated heterocycles. The minimum absolute atomic E-state index is 0.00962. The first kappa shape index (κ1) is 24.7. The van der Waals surface area contributed by atoms with Gasteiger partial charge >= 0.3 is 19.0 Å². The van der Waals surface area contributed by atoms with Gasteiger partial charge in [-0.05, 0) is 54.3 Å². The highest BCUT2D eigenvalue weighted by Gasteiger charge is 2.56. The number of benzene rings is 4. The van der Waals surface area contributed by atoms with Crippen molar-refractivity contribution in [3.05, 3.63) is 108 Å². The van der Waals surface area contributed by atoms with Gasteiger partial charge in [0, 0.05) is 0 Å². The molecule has 0 N–H and O–H groups in total. The molecule has 1 unspecified atom stereocenters. The molecule has 0 aromatic heterocycles. The monoisotopic (exact) mass is 513 g/mol. The van der Waals surface area contributed by atoms with Gasteiger partial charge in [0.2, 0.25) is 10.0 Å². The first-order valence-electron chi connectivity index (χ1n) is 11.8. The third kappa shape index (κ3) is 4.75. The van der Waals surface area contributed by atoms with E-state index in [9.17, 15) is 18.0 Å². The van der Waals surface area contributed by atoms with E-state index in [2.05, 4.69) is 0 Å². The zero-order valence-electron chi connectivity index (χ0n) is 20.3. The number of rotatable bonds is 6. The maximum atomic E-state index is 13.8. The molecule has 4 aromatic carbocycles. The Bertz CT molecular complexity index is 1570. The second-order valence-electron chi connectivity index (χ2n) is 8.97. The van der Waals surface area contributed by atoms with Crippen molar-refractivity contribution in [2.75, 3.05) is 0 Å². The molecule has 2 atom stereocenters. The Balaban J connectivity index is 1.50. The van der Waals surface area contributed by atoms with E-state index in [0.717, 1.165) is 20.6 Å². The predicted molar refractivity (Wildman–Crippen MR) is 141 cm³/mol. The molecule has 1 heterocycles. The average Bonchev–Trinajstić information content (AvgIpc) is 3.27. The van der Waals surface area contributed by atoms with Crippen molar-refractivity contribution < 1.29 is 27.4 Å². The first-order chi connectivity index (χ1) is 17.8. The number of esters is 1. The van der Waals surface area contributed by atoms with Crippen LogP contribution in [-0.4, -0.2) is 43.8 Å². The standard InChI is InChI=1S/C28H24BNO6S/c1-19-12-16-25(17-13-19)37(33,34)30-26(28(32)36-29(30)24-10-4-3-5-11-24)20(2)35-27(31)23-15-14-21-8-6-7-9-22(21)18-23/h3-18,20,26H,1-2H3/t20-,26?/m1/s1. The summed E-state index contributed by atoms with van der Waals surface area (Å²) >= 11 is 0. The Morgan fingerprint density at radius 2 is 1.57 bits per heavy atom. The molecule has 0 bridgehead atoms. The summed E-state index contributed by atoms with van der Waals surface area (Å²) in [6.45, 7) is 3.35. The van der Waals surface area contributed by atoms with Gasteiger partial charge in [-0.2, -0.15) is 4.22 Å². The van der Waals surface area contributed by atoms with Gasteiger partial charge in [0.15, 0.2) is 6.04 Å². The number of carbonyl (C=O) groups is 2. The number of hydrogen-bond acceptors (Lipinski definition) is 6. The van der Waals surface area contributed by atoms with E-state index in [0.29, 0.717) is 11.0 Å². The van der Waals surface area contributed by atoms with Gasteiger partial charge in [0.1, 0.15) is 6.10 Å². The maximum absolute atomic E-state index is 13.8. The fraction of sp³-hybridized carbons (Fsp3) is 0.143. The number of ether oxygens (including phenoxy) is 1. The lowest BCUT2D eigenvalue weighted by atomic mass is 9.74. The summed E-state index contributed by atoms with van der Waals surface area (Å²) in [5.41, 5.74) is 1.67. The van der Waals surface area contributed by atoms with Crippen molar-refractivity contribution in [2.24, 2.45) is 0 Å². The van der Waals surface area contributed by atoms with Crippen LogP contribution in [0.2, 0.25) is 0 Å². The van der Waals surface area contributed by atoms with E-state index < -0.39 is 41.2 Å². The highest BCUT2D eigenvalue weighted by Crippen LogP contribution is 2.29. The molecule has 1 aliphatic heterocycles. The van der Waals surface area contributed by atoms with Gasteiger partial charge in [-0.15, -0.1) is 0 Å². The van der Waals surface area contributed by atoms with Gasteiger partial charge in [-0.3, -0.25) is 4.79 Å². The largest absolute Gasteiger partial charge is 0.514 e. The van der Waals surface area contributed by atoms with Crippen LogP contribution < -0.4 is 5.46 Å². The number of hydrogen-bond donors (Lipinski definition) is 0. The second-order valence-corrected chi connectivity index (χ2v) is 10.8. The minimum atomic E-state index is -4.21. The van der Waals surface area contributed by atoms with Crippen LogP contribution in [0.3, 0.4) is 0 Å². The molecule has 4 aromatic rings. The number of fused-ring (bicyclic) bond motifs is 1. The number of carbonyl (C=O) groups excluding carboxylic acids is 2. The molecule has 186 valence electrons. The molecule has 37 heavy (non-hydrogen) atoms. The summed E-state index contributed by atoms with van der Waals surface area (Å²) in [6.07, 6.45) is -1.12. The van der Waals surface area contributed by atoms with Crippen molar-refractivity contribution >= 4 is 45.2 Å². The zero-order chi connectivity index (χ0) is 26.2. The van der Waals surface area contributed by atoms with Crippen LogP contribution >= 0.6 is 0 Å². The lowest BCUT2D eigenvalue weighted by Gasteiger charge is -2.27. The molecule has 5 rings (SSSR count). The normalized spacial score (nSPS) is 17.0. The van der Waals surface area contributed by atoms with Gasteiger partial charge in [-0.25, -0.2) is 13.2 Å². The minimum Gasteiger partial charge on any atom is -0.514 e. The summed E-state index contributed by atoms with van der Waals surface area (Å²) in [7, 11) is -5.41. The van der Waals surface area contributed by atoms with Crippen molar-refractivity contribution in [3.8, 4) is 0 Å². The van der Waals surface area contributed by atoms with Crippen LogP contribution in [0, 0.1) is 6.92 Å². The number of aryl methyl sites for hydroxylation is 1. The zero-order valence-corrected chi connectivity index (χ0v) is 21.1. The van der Waals surface area contributed by atoms with Crippen LogP contribution in [-0.2, 0) is 24.2 Å². The lowest BCUT2D eigenvalue weighted by Crippen LogP contribution is -2.54. The molecule has 0 radical (unpaired) electrons. The summed E-state index contributed by atoms with van der Waals surface area (Å²) in [5.74, 6) is -1.45. The Morgan fingerprint density at radius 1 is 0.919 bits per heavy atom. The summed E-state index contributed by atoms with van der Waals surface area (Å²) in [5, 5.41) is 1.82. The van der Waals surface area contributed by atoms with E-state index in [4.69, 9.17) is 9.39 Å². The van der Waals surface area contributed by atoms with Crippen molar-refractivity contribution in [1.82, 2.24) is 4.22 Å². The molecule has 0 aliphatic carbocycles. The van der Waals surface area contributed by atoms with E-state index in [1.54, 1.807) is 60.7 Å². The summed E-state index contributed by atoms with van der Waals surface area (Å²) in [6, 6.07) is 26.3. The van der Waals surface area contributed by atoms with E-state index >= 15 is 0 Å². The summed E-state index contributed by atoms with van der Waals surface area (Å²) in [4.78, 5) is 26.2. The Hall–Kier alpha value is -3.95. The third-order valence-corrected chi connectivity index (χ3v) is 8.22. The Labute approximate surface area is 215 Å². The first-order valence-corrected chi connectivity index (χ1v) is 13.2. The second kappa shape index (κ2) is 9.84. The average molecular weight is 513 g/mol. The van der Waals surface area contributed by atoms with Crippen molar-refractivity contribution in [2.45, 2.75) is 30.9 Å². The topological polar surface area (TPSA) is 90.0 Å². The van der Waals surface area contributed by atoms with Crippen LogP contribution in [0.5, 0.6) is 0 Å². The molecule has 0 amide bonds. The van der Waals surface area contributed by atoms with Crippen LogP contribution in [0.15, 0.2) is 102 Å². The van der Waals surface area contributed by atoms with E-state index in [-0.39, 0.29) is 4.90 Å². The highest BCUT2D eigenvalue weighted by atomic mass is 32.2.